The van der Waals surface area contributed by atoms with E-state index in [4.69, 9.17) is 9.72 Å². The Labute approximate surface area is 214 Å². The molecule has 2 aliphatic rings. The van der Waals surface area contributed by atoms with Gasteiger partial charge >= 0.3 is 0 Å². The summed E-state index contributed by atoms with van der Waals surface area (Å²) in [5, 5.41) is 0. The number of anilines is 2. The minimum absolute atomic E-state index is 0.353. The smallest absolute Gasteiger partial charge is 0.238 e. The molecule has 4 heteroatoms. The maximum atomic E-state index is 6.10. The van der Waals surface area contributed by atoms with Gasteiger partial charge in [-0.25, -0.2) is 4.98 Å². The Bertz CT molecular complexity index is 1330. The average Bonchev–Trinajstić information content (AvgIpc) is 2.91. The Morgan fingerprint density at radius 2 is 1.75 bits per heavy atom. The fourth-order valence-electron chi connectivity index (χ4n) is 5.96. The molecule has 0 saturated heterocycles. The highest BCUT2D eigenvalue weighted by Gasteiger charge is 2.38. The third kappa shape index (κ3) is 4.15. The Kier molecular flexibility index (Phi) is 5.96. The van der Waals surface area contributed by atoms with Crippen LogP contribution in [0, 0.1) is 5.92 Å². The van der Waals surface area contributed by atoms with Gasteiger partial charge in [0.05, 0.1) is 24.1 Å². The lowest BCUT2D eigenvalue weighted by Crippen LogP contribution is -2.35. The van der Waals surface area contributed by atoms with Crippen molar-refractivity contribution in [2.75, 3.05) is 18.1 Å². The first-order valence-corrected chi connectivity index (χ1v) is 13.1. The molecule has 0 atom stereocenters. The van der Waals surface area contributed by atoms with Gasteiger partial charge in [-0.3, -0.25) is 4.98 Å². The van der Waals surface area contributed by atoms with E-state index >= 15 is 0 Å². The minimum atomic E-state index is 0.353. The van der Waals surface area contributed by atoms with Crippen molar-refractivity contribution in [1.29, 1.82) is 0 Å². The summed E-state index contributed by atoms with van der Waals surface area (Å²) in [6.07, 6.45) is 8.90. The van der Waals surface area contributed by atoms with Crippen LogP contribution < -0.4 is 9.64 Å². The first kappa shape index (κ1) is 22.8. The zero-order valence-electron chi connectivity index (χ0n) is 21.2. The van der Waals surface area contributed by atoms with Crippen LogP contribution in [0.15, 0.2) is 85.2 Å². The van der Waals surface area contributed by atoms with Crippen LogP contribution in [0.1, 0.15) is 45.1 Å². The fraction of sp³-hybridized carbons (Fsp3) is 0.312. The normalized spacial score (nSPS) is 16.2. The SMILES string of the molecule is CC(C)CC1(c2ccc(-c3nc4c(cc3-c3ccccc3)N(c3cccnc3)CCO4)cc2)CCC1. The van der Waals surface area contributed by atoms with Gasteiger partial charge in [-0.1, -0.05) is 74.9 Å². The second-order valence-corrected chi connectivity index (χ2v) is 10.6. The van der Waals surface area contributed by atoms with E-state index in [9.17, 15) is 0 Å². The number of hydrogen-bond acceptors (Lipinski definition) is 4. The van der Waals surface area contributed by atoms with Crippen LogP contribution in [-0.4, -0.2) is 23.1 Å². The van der Waals surface area contributed by atoms with E-state index in [-0.39, 0.29) is 0 Å². The largest absolute Gasteiger partial charge is 0.474 e. The summed E-state index contributed by atoms with van der Waals surface area (Å²) in [7, 11) is 0. The molecule has 0 amide bonds. The van der Waals surface area contributed by atoms with Gasteiger partial charge in [0.1, 0.15) is 12.3 Å². The number of rotatable bonds is 6. The number of aromatic nitrogens is 2. The minimum Gasteiger partial charge on any atom is -0.474 e. The van der Waals surface area contributed by atoms with E-state index < -0.39 is 0 Å². The molecule has 1 aliphatic heterocycles. The van der Waals surface area contributed by atoms with Gasteiger partial charge in [0.2, 0.25) is 5.88 Å². The van der Waals surface area contributed by atoms with Crippen molar-refractivity contribution in [1.82, 2.24) is 9.97 Å². The summed E-state index contributed by atoms with van der Waals surface area (Å²) in [5.74, 6) is 1.39. The van der Waals surface area contributed by atoms with Crippen LogP contribution in [0.3, 0.4) is 0 Å². The Balaban J connectivity index is 1.44. The second kappa shape index (κ2) is 9.42. The van der Waals surface area contributed by atoms with E-state index in [1.165, 1.54) is 31.2 Å². The number of benzene rings is 2. The molecule has 4 aromatic rings. The lowest BCUT2D eigenvalue weighted by atomic mass is 9.61. The molecule has 1 aliphatic carbocycles. The average molecular weight is 476 g/mol. The van der Waals surface area contributed by atoms with Crippen LogP contribution in [-0.2, 0) is 5.41 Å². The topological polar surface area (TPSA) is 38.2 Å². The highest BCUT2D eigenvalue weighted by atomic mass is 16.5. The van der Waals surface area contributed by atoms with Crippen LogP contribution in [0.25, 0.3) is 22.4 Å². The highest BCUT2D eigenvalue weighted by Crippen LogP contribution is 2.49. The van der Waals surface area contributed by atoms with Crippen LogP contribution in [0.5, 0.6) is 5.88 Å². The molecule has 0 N–H and O–H groups in total. The standard InChI is InChI=1S/C32H33N3O/c1-23(2)21-32(15-7-16-32)26-13-11-25(12-14-26)30-28(24-8-4-3-5-9-24)20-29-31(34-30)36-19-18-35(29)27-10-6-17-33-22-27/h3-6,8-14,17,20,22-23H,7,15-16,18-19,21H2,1-2H3. The molecule has 4 nitrogen and oxygen atoms in total. The van der Waals surface area contributed by atoms with Crippen molar-refractivity contribution in [3.05, 3.63) is 90.8 Å². The molecule has 1 fully saturated rings. The molecule has 3 heterocycles. The molecule has 0 radical (unpaired) electrons. The predicted octanol–water partition coefficient (Wildman–Crippen LogP) is 7.81. The van der Waals surface area contributed by atoms with Crippen molar-refractivity contribution >= 4 is 11.4 Å². The Morgan fingerprint density at radius 1 is 0.944 bits per heavy atom. The van der Waals surface area contributed by atoms with Gasteiger partial charge in [-0.05, 0) is 59.9 Å². The van der Waals surface area contributed by atoms with Crippen molar-refractivity contribution in [2.45, 2.75) is 44.9 Å². The molecular formula is C32H33N3O. The van der Waals surface area contributed by atoms with Crippen molar-refractivity contribution < 1.29 is 4.74 Å². The maximum Gasteiger partial charge on any atom is 0.238 e. The van der Waals surface area contributed by atoms with Gasteiger partial charge < -0.3 is 9.64 Å². The molecule has 2 aromatic carbocycles. The molecular weight excluding hydrogens is 442 g/mol. The summed E-state index contributed by atoms with van der Waals surface area (Å²) >= 11 is 0. The highest BCUT2D eigenvalue weighted by molar-refractivity contribution is 5.86. The number of ether oxygens (including phenoxy) is 1. The third-order valence-corrected chi connectivity index (χ3v) is 7.74. The van der Waals surface area contributed by atoms with Crippen molar-refractivity contribution in [3.63, 3.8) is 0 Å². The fourth-order valence-corrected chi connectivity index (χ4v) is 5.96. The number of nitrogens with zero attached hydrogens (tertiary/aromatic N) is 3. The number of hydrogen-bond donors (Lipinski definition) is 0. The first-order chi connectivity index (χ1) is 17.6. The zero-order chi connectivity index (χ0) is 24.5. The Morgan fingerprint density at radius 3 is 2.42 bits per heavy atom. The number of pyridine rings is 2. The molecule has 1 saturated carbocycles. The monoisotopic (exact) mass is 475 g/mol. The summed E-state index contributed by atoms with van der Waals surface area (Å²) in [6, 6.07) is 26.1. The number of fused-ring (bicyclic) bond motifs is 1. The van der Waals surface area contributed by atoms with Crippen LogP contribution in [0.4, 0.5) is 11.4 Å². The van der Waals surface area contributed by atoms with Crippen molar-refractivity contribution in [3.8, 4) is 28.3 Å². The molecule has 182 valence electrons. The predicted molar refractivity (Wildman–Crippen MR) is 147 cm³/mol. The second-order valence-electron chi connectivity index (χ2n) is 10.6. The quantitative estimate of drug-likeness (QED) is 0.285. The Hall–Kier alpha value is -3.66. The third-order valence-electron chi connectivity index (χ3n) is 7.74. The van der Waals surface area contributed by atoms with E-state index in [0.29, 0.717) is 23.8 Å². The van der Waals surface area contributed by atoms with Crippen LogP contribution >= 0.6 is 0 Å². The first-order valence-electron chi connectivity index (χ1n) is 13.1. The maximum absolute atomic E-state index is 6.10. The summed E-state index contributed by atoms with van der Waals surface area (Å²) in [4.78, 5) is 11.7. The van der Waals surface area contributed by atoms with Gasteiger partial charge in [0.25, 0.3) is 0 Å². The molecule has 2 aromatic heterocycles. The molecule has 0 spiro atoms. The molecule has 0 bridgehead atoms. The van der Waals surface area contributed by atoms with Crippen LogP contribution in [0.2, 0.25) is 0 Å². The van der Waals surface area contributed by atoms with E-state index in [0.717, 1.165) is 40.3 Å². The van der Waals surface area contributed by atoms with E-state index in [1.54, 1.807) is 6.20 Å². The summed E-state index contributed by atoms with van der Waals surface area (Å²) in [6.45, 7) is 6.04. The lowest BCUT2D eigenvalue weighted by molar-refractivity contribution is 0.200. The zero-order valence-corrected chi connectivity index (χ0v) is 21.2. The lowest BCUT2D eigenvalue weighted by Gasteiger charge is -2.44. The van der Waals surface area contributed by atoms with E-state index in [2.05, 4.69) is 90.5 Å². The molecule has 0 unspecified atom stereocenters. The molecule has 6 rings (SSSR count). The van der Waals surface area contributed by atoms with Gasteiger partial charge in [-0.15, -0.1) is 0 Å². The van der Waals surface area contributed by atoms with Gasteiger partial charge in [-0.2, -0.15) is 0 Å². The molecule has 36 heavy (non-hydrogen) atoms. The summed E-state index contributed by atoms with van der Waals surface area (Å²) < 4.78 is 6.10. The van der Waals surface area contributed by atoms with Gasteiger partial charge in [0, 0.05) is 17.3 Å². The van der Waals surface area contributed by atoms with E-state index in [1.807, 2.05) is 12.3 Å². The van der Waals surface area contributed by atoms with Gasteiger partial charge in [0.15, 0.2) is 0 Å². The summed E-state index contributed by atoms with van der Waals surface area (Å²) in [5.41, 5.74) is 8.22. The van der Waals surface area contributed by atoms with Crippen molar-refractivity contribution in [2.24, 2.45) is 5.92 Å².